The molecule has 1 atom stereocenters. The highest BCUT2D eigenvalue weighted by Gasteiger charge is 2.26. The third-order valence-electron chi connectivity index (χ3n) is 2.81. The predicted octanol–water partition coefficient (Wildman–Crippen LogP) is 1.58. The summed E-state index contributed by atoms with van der Waals surface area (Å²) in [6, 6.07) is 0.284. The number of amides is 1. The maximum Gasteiger partial charge on any atom is 0.326 e. The number of methoxy groups -OCH3 is 1. The smallest absolute Gasteiger partial charge is 0.326 e. The molecule has 21 heavy (non-hydrogen) atoms. The summed E-state index contributed by atoms with van der Waals surface area (Å²) in [7, 11) is 1.16. The first-order valence-electron chi connectivity index (χ1n) is 6.24. The fourth-order valence-electron chi connectivity index (χ4n) is 1.74. The third-order valence-corrected chi connectivity index (χ3v) is 3.24. The van der Waals surface area contributed by atoms with Crippen LogP contribution in [0.15, 0.2) is 16.7 Å². The van der Waals surface area contributed by atoms with E-state index < -0.39 is 30.3 Å². The molecule has 0 saturated heterocycles. The van der Waals surface area contributed by atoms with Crippen molar-refractivity contribution in [1.82, 2.24) is 9.88 Å². The average molecular weight is 361 g/mol. The van der Waals surface area contributed by atoms with E-state index in [1.54, 1.807) is 16.8 Å². The molecule has 8 heteroatoms. The van der Waals surface area contributed by atoms with Crippen LogP contribution < -0.4 is 5.32 Å². The lowest BCUT2D eigenvalue weighted by molar-refractivity contribution is -0.147. The highest BCUT2D eigenvalue weighted by atomic mass is 79.9. The molecule has 1 rings (SSSR count). The van der Waals surface area contributed by atoms with E-state index in [2.05, 4.69) is 26.0 Å². The quantitative estimate of drug-likeness (QED) is 0.750. The maximum absolute atomic E-state index is 12.2. The monoisotopic (exact) mass is 360 g/mol. The van der Waals surface area contributed by atoms with E-state index in [1.165, 1.54) is 0 Å². The zero-order chi connectivity index (χ0) is 16.2. The number of carbonyl (C=O) groups is 3. The van der Waals surface area contributed by atoms with Crippen LogP contribution in [-0.4, -0.2) is 40.7 Å². The number of rotatable bonds is 6. The third kappa shape index (κ3) is 4.59. The Balaban J connectivity index is 2.92. The van der Waals surface area contributed by atoms with Crippen LogP contribution in [-0.2, 0) is 14.3 Å². The van der Waals surface area contributed by atoms with Crippen LogP contribution in [0.3, 0.4) is 0 Å². The van der Waals surface area contributed by atoms with Crippen LogP contribution in [0.5, 0.6) is 0 Å². The molecule has 1 aromatic heterocycles. The Labute approximate surface area is 130 Å². The number of ether oxygens (including phenoxy) is 1. The van der Waals surface area contributed by atoms with Gasteiger partial charge in [-0.15, -0.1) is 0 Å². The van der Waals surface area contributed by atoms with Crippen molar-refractivity contribution < 1.29 is 24.2 Å². The molecular weight excluding hydrogens is 344 g/mol. The number of carboxylic acids is 1. The molecule has 0 aliphatic rings. The van der Waals surface area contributed by atoms with E-state index in [9.17, 15) is 14.4 Å². The number of carboxylic acid groups (broad SMARTS) is 1. The first-order valence-corrected chi connectivity index (χ1v) is 7.03. The van der Waals surface area contributed by atoms with E-state index >= 15 is 0 Å². The van der Waals surface area contributed by atoms with Gasteiger partial charge in [0.15, 0.2) is 0 Å². The Kier molecular flexibility index (Phi) is 5.95. The summed E-state index contributed by atoms with van der Waals surface area (Å²) >= 11 is 3.27. The van der Waals surface area contributed by atoms with E-state index in [0.717, 1.165) is 7.11 Å². The maximum atomic E-state index is 12.2. The Bertz CT molecular complexity index is 553. The minimum absolute atomic E-state index is 0.0286. The molecular formula is C13H17BrN2O5. The molecule has 0 bridgehead atoms. The predicted molar refractivity (Wildman–Crippen MR) is 78.0 cm³/mol. The van der Waals surface area contributed by atoms with Crippen LogP contribution in [0.1, 0.15) is 36.8 Å². The molecule has 0 radical (unpaired) electrons. The molecule has 0 aromatic carbocycles. The van der Waals surface area contributed by atoms with Gasteiger partial charge in [-0.1, -0.05) is 0 Å². The lowest BCUT2D eigenvalue weighted by Gasteiger charge is -2.16. The normalized spacial score (nSPS) is 12.0. The van der Waals surface area contributed by atoms with E-state index in [4.69, 9.17) is 5.11 Å². The lowest BCUT2D eigenvalue weighted by Crippen LogP contribution is -2.43. The number of hydrogen-bond donors (Lipinski definition) is 2. The second-order valence-corrected chi connectivity index (χ2v) is 5.60. The largest absolute Gasteiger partial charge is 0.480 e. The van der Waals surface area contributed by atoms with Crippen LogP contribution in [0, 0.1) is 0 Å². The molecule has 116 valence electrons. The summed E-state index contributed by atoms with van der Waals surface area (Å²) < 4.78 is 6.83. The number of carbonyl (C=O) groups excluding carboxylic acids is 2. The van der Waals surface area contributed by atoms with Gasteiger partial charge in [0.05, 0.1) is 13.5 Å². The highest BCUT2D eigenvalue weighted by Crippen LogP contribution is 2.19. The Hall–Kier alpha value is -1.83. The summed E-state index contributed by atoms with van der Waals surface area (Å²) in [5, 5.41) is 11.4. The summed E-state index contributed by atoms with van der Waals surface area (Å²) in [6.45, 7) is 3.79. The van der Waals surface area contributed by atoms with Crippen molar-refractivity contribution in [2.75, 3.05) is 7.11 Å². The molecule has 0 spiro atoms. The van der Waals surface area contributed by atoms with Gasteiger partial charge in [-0.25, -0.2) is 4.79 Å². The van der Waals surface area contributed by atoms with E-state index in [1.807, 2.05) is 13.8 Å². The standard InChI is InChI=1S/C13H17BrN2O5/c1-7(2)16-6-8(14)4-10(16)12(18)15-9(13(19)20)5-11(17)21-3/h4,6-7,9H,5H2,1-3H3,(H,15,18)(H,19,20)/t9-/m0/s1. The van der Waals surface area contributed by atoms with Gasteiger partial charge in [-0.05, 0) is 35.8 Å². The zero-order valence-electron chi connectivity index (χ0n) is 11.9. The van der Waals surface area contributed by atoms with Gasteiger partial charge < -0.3 is 19.7 Å². The van der Waals surface area contributed by atoms with Crippen molar-refractivity contribution in [3.8, 4) is 0 Å². The van der Waals surface area contributed by atoms with Crippen molar-refractivity contribution in [3.05, 3.63) is 22.4 Å². The first kappa shape index (κ1) is 17.2. The molecule has 0 aliphatic heterocycles. The molecule has 0 fully saturated rings. The van der Waals surface area contributed by atoms with Crippen LogP contribution >= 0.6 is 15.9 Å². The number of esters is 1. The van der Waals surface area contributed by atoms with Crippen LogP contribution in [0.4, 0.5) is 0 Å². The van der Waals surface area contributed by atoms with Gasteiger partial charge in [0.1, 0.15) is 11.7 Å². The molecule has 0 saturated carbocycles. The van der Waals surface area contributed by atoms with Crippen molar-refractivity contribution in [2.45, 2.75) is 32.4 Å². The molecule has 1 amide bonds. The second kappa shape index (κ2) is 7.26. The van der Waals surface area contributed by atoms with Crippen molar-refractivity contribution in [3.63, 3.8) is 0 Å². The molecule has 1 aromatic rings. The van der Waals surface area contributed by atoms with Gasteiger partial charge in [0.25, 0.3) is 5.91 Å². The Morgan fingerprint density at radius 3 is 2.52 bits per heavy atom. The number of halogens is 1. The van der Waals surface area contributed by atoms with Gasteiger partial charge in [-0.2, -0.15) is 0 Å². The van der Waals surface area contributed by atoms with Crippen LogP contribution in [0.2, 0.25) is 0 Å². The van der Waals surface area contributed by atoms with Gasteiger partial charge in [0.2, 0.25) is 0 Å². The molecule has 7 nitrogen and oxygen atoms in total. The second-order valence-electron chi connectivity index (χ2n) is 4.69. The van der Waals surface area contributed by atoms with E-state index in [0.29, 0.717) is 10.2 Å². The summed E-state index contributed by atoms with van der Waals surface area (Å²) in [5.74, 6) is -2.57. The lowest BCUT2D eigenvalue weighted by atomic mass is 10.2. The van der Waals surface area contributed by atoms with Crippen LogP contribution in [0.25, 0.3) is 0 Å². The molecule has 2 N–H and O–H groups in total. The number of hydrogen-bond acceptors (Lipinski definition) is 4. The van der Waals surface area contributed by atoms with E-state index in [-0.39, 0.29) is 6.04 Å². The summed E-state index contributed by atoms with van der Waals surface area (Å²) in [6.07, 6.45) is 1.30. The van der Waals surface area contributed by atoms with Crippen molar-refractivity contribution >= 4 is 33.8 Å². The molecule has 1 heterocycles. The topological polar surface area (TPSA) is 97.6 Å². The number of aromatic nitrogens is 1. The number of nitrogens with zero attached hydrogens (tertiary/aromatic N) is 1. The minimum Gasteiger partial charge on any atom is -0.480 e. The molecule has 0 aliphatic carbocycles. The average Bonchev–Trinajstić information content (AvgIpc) is 2.79. The number of aliphatic carboxylic acids is 1. The fraction of sp³-hybridized carbons (Fsp3) is 0.462. The summed E-state index contributed by atoms with van der Waals surface area (Å²) in [5.41, 5.74) is 0.313. The Morgan fingerprint density at radius 1 is 1.43 bits per heavy atom. The highest BCUT2D eigenvalue weighted by molar-refractivity contribution is 9.10. The Morgan fingerprint density at radius 2 is 2.05 bits per heavy atom. The molecule has 0 unspecified atom stereocenters. The van der Waals surface area contributed by atoms with Crippen molar-refractivity contribution in [2.24, 2.45) is 0 Å². The summed E-state index contributed by atoms with van der Waals surface area (Å²) in [4.78, 5) is 34.5. The first-order chi connectivity index (χ1) is 9.76. The number of nitrogens with one attached hydrogen (secondary N) is 1. The SMILES string of the molecule is COC(=O)C[C@H](NC(=O)c1cc(Br)cn1C(C)C)C(=O)O. The van der Waals surface area contributed by atoms with Crippen molar-refractivity contribution in [1.29, 1.82) is 0 Å². The van der Waals surface area contributed by atoms with Gasteiger partial charge >= 0.3 is 11.9 Å². The fourth-order valence-corrected chi connectivity index (χ4v) is 2.17. The zero-order valence-corrected chi connectivity index (χ0v) is 13.5. The minimum atomic E-state index is -1.33. The van der Waals surface area contributed by atoms with Gasteiger partial charge in [-0.3, -0.25) is 9.59 Å². The van der Waals surface area contributed by atoms with Gasteiger partial charge in [0, 0.05) is 16.7 Å².